The van der Waals surface area contributed by atoms with Crippen LogP contribution in [0, 0.1) is 11.3 Å². The predicted octanol–water partition coefficient (Wildman–Crippen LogP) is 4.82. The number of carbonyl (C=O) groups excluding carboxylic acids is 1. The molecule has 0 aliphatic carbocycles. The van der Waals surface area contributed by atoms with Crippen LogP contribution in [0.5, 0.6) is 11.5 Å². The molecule has 6 N–H and O–H groups in total. The molecule has 4 aromatic rings. The number of fused-ring (bicyclic) bond motifs is 1. The molecule has 0 spiro atoms. The predicted molar refractivity (Wildman–Crippen MR) is 185 cm³/mol. The van der Waals surface area contributed by atoms with Crippen LogP contribution in [0.4, 0.5) is 17.2 Å². The summed E-state index contributed by atoms with van der Waals surface area (Å²) in [6.07, 6.45) is 5.96. The van der Waals surface area contributed by atoms with E-state index in [1.807, 2.05) is 56.3 Å². The van der Waals surface area contributed by atoms with Gasteiger partial charge in [0.1, 0.15) is 29.7 Å². The van der Waals surface area contributed by atoms with Crippen molar-refractivity contribution in [2.75, 3.05) is 37.9 Å². The van der Waals surface area contributed by atoms with E-state index >= 15 is 0 Å². The third-order valence-electron chi connectivity index (χ3n) is 6.03. The number of likely N-dealkylation sites (N-methyl/N-ethyl adjacent to an activating group) is 1. The van der Waals surface area contributed by atoms with E-state index in [-0.39, 0.29) is 23.5 Å². The fourth-order valence-corrected chi connectivity index (χ4v) is 4.21. The summed E-state index contributed by atoms with van der Waals surface area (Å²) >= 11 is 6.53. The van der Waals surface area contributed by atoms with Crippen molar-refractivity contribution in [2.45, 2.75) is 13.5 Å². The number of carboxylic acid groups (broad SMARTS) is 2. The highest BCUT2D eigenvalue weighted by molar-refractivity contribution is 6.32. The van der Waals surface area contributed by atoms with Crippen molar-refractivity contribution in [2.24, 2.45) is 0 Å². The van der Waals surface area contributed by atoms with E-state index in [1.54, 1.807) is 36.5 Å². The molecule has 2 aromatic carbocycles. The molecule has 0 bridgehead atoms. The number of rotatable bonds is 13. The normalized spacial score (nSPS) is 10.5. The Hall–Kier alpha value is -6.01. The summed E-state index contributed by atoms with van der Waals surface area (Å²) in [7, 11) is 3.81. The second kappa shape index (κ2) is 19.6. The van der Waals surface area contributed by atoms with Gasteiger partial charge in [-0.15, -0.1) is 0 Å². The average Bonchev–Trinajstić information content (AvgIpc) is 3.04. The molecule has 256 valence electrons. The van der Waals surface area contributed by atoms with E-state index < -0.39 is 17.8 Å². The Morgan fingerprint density at radius 1 is 1.02 bits per heavy atom. The fourth-order valence-electron chi connectivity index (χ4n) is 3.98. The standard InChI is InChI=1S/C30H29ClN6O3.C4H4O4.H2O/c1-4-39-22-11-12-23-26(17-22)35-30(36-28(38)9-7-15-37(2)3)24(18-32)29(23)34-20-10-13-27(25(31)16-20)40-19-21-8-5-6-14-33-21;5-3(6)1-2-4(7)8;/h5-14,16-17H,4,15,19H2,1-3H3,(H2,34,35,36,38);1-2H,(H,5,6)(H,7,8);1H2/b9-7+;2-1-;. The molecule has 14 nitrogen and oxygen atoms in total. The number of nitrogens with one attached hydrogen (secondary N) is 2. The highest BCUT2D eigenvalue weighted by Crippen LogP contribution is 2.37. The maximum Gasteiger partial charge on any atom is 0.328 e. The summed E-state index contributed by atoms with van der Waals surface area (Å²) < 4.78 is 11.5. The van der Waals surface area contributed by atoms with Gasteiger partial charge in [0.05, 0.1) is 28.5 Å². The molecule has 0 radical (unpaired) electrons. The number of pyridine rings is 2. The molecule has 0 atom stereocenters. The Morgan fingerprint density at radius 2 is 1.76 bits per heavy atom. The molecular weight excluding hydrogens is 656 g/mol. The molecule has 0 saturated carbocycles. The summed E-state index contributed by atoms with van der Waals surface area (Å²) in [5.41, 5.74) is 2.59. The lowest BCUT2D eigenvalue weighted by Crippen LogP contribution is -2.14. The highest BCUT2D eigenvalue weighted by Gasteiger charge is 2.18. The number of hydrogen-bond donors (Lipinski definition) is 4. The first kappa shape index (κ1) is 39.2. The fraction of sp³-hybridized carbons (Fsp3) is 0.176. The maximum atomic E-state index is 12.6. The molecule has 0 fully saturated rings. The van der Waals surface area contributed by atoms with Gasteiger partial charge in [-0.25, -0.2) is 14.6 Å². The Morgan fingerprint density at radius 3 is 2.35 bits per heavy atom. The minimum absolute atomic E-state index is 0. The third kappa shape index (κ3) is 12.6. The Balaban J connectivity index is 0.000000825. The third-order valence-corrected chi connectivity index (χ3v) is 6.33. The number of aromatic nitrogens is 2. The zero-order valence-electron chi connectivity index (χ0n) is 26.8. The summed E-state index contributed by atoms with van der Waals surface area (Å²) in [4.78, 5) is 42.5. The van der Waals surface area contributed by atoms with E-state index in [4.69, 9.17) is 31.3 Å². The second-order valence-electron chi connectivity index (χ2n) is 9.98. The first-order valence-corrected chi connectivity index (χ1v) is 14.7. The largest absolute Gasteiger partial charge is 0.494 e. The van der Waals surface area contributed by atoms with Crippen LogP contribution in [-0.4, -0.2) is 75.6 Å². The van der Waals surface area contributed by atoms with Gasteiger partial charge in [-0.1, -0.05) is 23.7 Å². The van der Waals surface area contributed by atoms with Crippen molar-refractivity contribution in [3.05, 3.63) is 101 Å². The SMILES string of the molecule is CCOc1ccc2c(Nc3ccc(OCc4ccccn4)c(Cl)c3)c(C#N)c(NC(=O)/C=C/CN(C)C)nc2c1.O.O=C(O)/C=C\C(=O)O. The highest BCUT2D eigenvalue weighted by atomic mass is 35.5. The van der Waals surface area contributed by atoms with E-state index in [9.17, 15) is 19.6 Å². The van der Waals surface area contributed by atoms with E-state index in [0.717, 1.165) is 5.69 Å². The molecule has 1 amide bonds. The van der Waals surface area contributed by atoms with Crippen LogP contribution >= 0.6 is 11.6 Å². The number of nitriles is 1. The number of aliphatic carboxylic acids is 2. The Bertz CT molecular complexity index is 1840. The first-order valence-electron chi connectivity index (χ1n) is 14.4. The maximum absolute atomic E-state index is 12.6. The van der Waals surface area contributed by atoms with Crippen LogP contribution in [0.1, 0.15) is 18.2 Å². The van der Waals surface area contributed by atoms with Crippen LogP contribution < -0.4 is 20.1 Å². The number of ether oxygens (including phenoxy) is 2. The number of nitrogens with zero attached hydrogens (tertiary/aromatic N) is 4. The van der Waals surface area contributed by atoms with E-state index in [1.165, 1.54) is 6.08 Å². The van der Waals surface area contributed by atoms with Gasteiger partial charge >= 0.3 is 11.9 Å². The van der Waals surface area contributed by atoms with Crippen LogP contribution in [0.3, 0.4) is 0 Å². The zero-order chi connectivity index (χ0) is 35.1. The number of benzene rings is 2. The van der Waals surface area contributed by atoms with Crippen molar-refractivity contribution in [3.8, 4) is 17.6 Å². The van der Waals surface area contributed by atoms with Crippen LogP contribution in [-0.2, 0) is 21.0 Å². The molecule has 2 aromatic heterocycles. The van der Waals surface area contributed by atoms with Crippen LogP contribution in [0.25, 0.3) is 10.9 Å². The molecule has 0 aliphatic heterocycles. The Kier molecular flexibility index (Phi) is 15.7. The molecule has 2 heterocycles. The van der Waals surface area contributed by atoms with Crippen LogP contribution in [0.2, 0.25) is 5.02 Å². The van der Waals surface area contributed by atoms with Crippen molar-refractivity contribution >= 4 is 57.5 Å². The topological polar surface area (TPSA) is 218 Å². The molecule has 0 saturated heterocycles. The second-order valence-corrected chi connectivity index (χ2v) is 10.4. The van der Waals surface area contributed by atoms with Crippen LogP contribution in [0.15, 0.2) is 85.1 Å². The zero-order valence-corrected chi connectivity index (χ0v) is 27.6. The van der Waals surface area contributed by atoms with Crippen molar-refractivity contribution in [3.63, 3.8) is 0 Å². The van der Waals surface area contributed by atoms with Crippen molar-refractivity contribution in [1.29, 1.82) is 5.26 Å². The first-order chi connectivity index (χ1) is 23.0. The lowest BCUT2D eigenvalue weighted by atomic mass is 10.1. The summed E-state index contributed by atoms with van der Waals surface area (Å²) in [6.45, 7) is 3.24. The minimum atomic E-state index is -1.26. The molecule has 0 unspecified atom stereocenters. The minimum Gasteiger partial charge on any atom is -0.494 e. The number of anilines is 3. The molecular formula is C34H35ClN6O8. The number of carbonyl (C=O) groups is 3. The van der Waals surface area contributed by atoms with Gasteiger partial charge in [-0.05, 0) is 63.5 Å². The van der Waals surface area contributed by atoms with Gasteiger partial charge in [-0.3, -0.25) is 9.78 Å². The molecule has 0 aliphatic rings. The molecule has 4 rings (SSSR count). The Labute approximate surface area is 287 Å². The number of halogens is 1. The van der Waals surface area contributed by atoms with Gasteiger partial charge in [0.25, 0.3) is 0 Å². The summed E-state index contributed by atoms with van der Waals surface area (Å²) in [6, 6.07) is 18.4. The van der Waals surface area contributed by atoms with Gasteiger partial charge in [0.15, 0.2) is 5.82 Å². The summed E-state index contributed by atoms with van der Waals surface area (Å²) in [5, 5.41) is 32.9. The average molecular weight is 691 g/mol. The molecule has 15 heteroatoms. The number of hydrogen-bond acceptors (Lipinski definition) is 10. The quantitative estimate of drug-likeness (QED) is 0.139. The molecule has 49 heavy (non-hydrogen) atoms. The van der Waals surface area contributed by atoms with Crippen molar-refractivity contribution < 1.29 is 39.5 Å². The monoisotopic (exact) mass is 690 g/mol. The van der Waals surface area contributed by atoms with Gasteiger partial charge in [-0.2, -0.15) is 5.26 Å². The lowest BCUT2D eigenvalue weighted by Gasteiger charge is -2.16. The summed E-state index contributed by atoms with van der Waals surface area (Å²) in [5.74, 6) is -1.66. The van der Waals surface area contributed by atoms with Crippen molar-refractivity contribution in [1.82, 2.24) is 14.9 Å². The number of carboxylic acids is 2. The lowest BCUT2D eigenvalue weighted by molar-refractivity contribution is -0.134. The van der Waals surface area contributed by atoms with Gasteiger partial charge in [0.2, 0.25) is 5.91 Å². The van der Waals surface area contributed by atoms with Gasteiger partial charge < -0.3 is 40.7 Å². The smallest absolute Gasteiger partial charge is 0.328 e. The van der Waals surface area contributed by atoms with E-state index in [0.29, 0.717) is 64.1 Å². The number of amides is 1. The van der Waals surface area contributed by atoms with Gasteiger partial charge in [0, 0.05) is 48.1 Å². The van der Waals surface area contributed by atoms with E-state index in [2.05, 4.69) is 26.7 Å².